The summed E-state index contributed by atoms with van der Waals surface area (Å²) >= 11 is 0. The van der Waals surface area contributed by atoms with Crippen molar-refractivity contribution in [2.24, 2.45) is 0 Å². The van der Waals surface area contributed by atoms with Crippen LogP contribution < -0.4 is 0 Å². The third-order valence-electron chi connectivity index (χ3n) is 1.48. The van der Waals surface area contributed by atoms with Crippen LogP contribution in [-0.2, 0) is 4.79 Å². The average molecular weight is 174 g/mol. The van der Waals surface area contributed by atoms with Crippen molar-refractivity contribution < 1.29 is 20.1 Å². The Balaban J connectivity index is 3.51. The zero-order valence-corrected chi connectivity index (χ0v) is 6.81. The minimum Gasteiger partial charge on any atom is -0.481 e. The van der Waals surface area contributed by atoms with Crippen LogP contribution in [0.5, 0.6) is 0 Å². The van der Waals surface area contributed by atoms with Gasteiger partial charge in [-0.2, -0.15) is 0 Å². The second-order valence-corrected chi connectivity index (χ2v) is 2.62. The van der Waals surface area contributed by atoms with E-state index in [1.807, 2.05) is 0 Å². The first-order valence-electron chi connectivity index (χ1n) is 3.76. The first kappa shape index (κ1) is 11.1. The lowest BCUT2D eigenvalue weighted by molar-refractivity contribution is -0.137. The molecule has 3 N–H and O–H groups in total. The van der Waals surface area contributed by atoms with Crippen LogP contribution in [0.4, 0.5) is 0 Å². The number of carboxylic acid groups (broad SMARTS) is 1. The van der Waals surface area contributed by atoms with Crippen molar-refractivity contribution in [3.05, 3.63) is 12.7 Å². The van der Waals surface area contributed by atoms with Gasteiger partial charge in [-0.05, 0) is 6.42 Å². The van der Waals surface area contributed by atoms with Crippen LogP contribution >= 0.6 is 0 Å². The molecule has 0 heterocycles. The lowest BCUT2D eigenvalue weighted by atomic mass is 10.1. The maximum Gasteiger partial charge on any atom is 0.303 e. The molecule has 0 rings (SSSR count). The summed E-state index contributed by atoms with van der Waals surface area (Å²) in [5.74, 6) is -0.942. The Kier molecular flexibility index (Phi) is 5.32. The van der Waals surface area contributed by atoms with Crippen molar-refractivity contribution >= 4 is 5.97 Å². The molecule has 0 radical (unpaired) electrons. The molecule has 0 bridgehead atoms. The summed E-state index contributed by atoms with van der Waals surface area (Å²) < 4.78 is 0. The van der Waals surface area contributed by atoms with E-state index in [-0.39, 0.29) is 19.3 Å². The summed E-state index contributed by atoms with van der Waals surface area (Å²) in [6.07, 6.45) is 0.0226. The van der Waals surface area contributed by atoms with E-state index in [2.05, 4.69) is 6.58 Å². The van der Waals surface area contributed by atoms with Gasteiger partial charge in [0.05, 0.1) is 12.2 Å². The number of rotatable bonds is 6. The fraction of sp³-hybridized carbons (Fsp3) is 0.625. The average Bonchev–Trinajstić information content (AvgIpc) is 2.00. The topological polar surface area (TPSA) is 77.8 Å². The molecule has 0 saturated heterocycles. The number of carbonyl (C=O) groups is 1. The van der Waals surface area contributed by atoms with Gasteiger partial charge in [0.25, 0.3) is 0 Å². The second kappa shape index (κ2) is 5.74. The summed E-state index contributed by atoms with van der Waals surface area (Å²) in [5, 5.41) is 26.4. The molecule has 2 unspecified atom stereocenters. The Labute approximate surface area is 71.1 Å². The number of aliphatic carboxylic acids is 1. The summed E-state index contributed by atoms with van der Waals surface area (Å²) in [6, 6.07) is 0. The maximum atomic E-state index is 10.1. The molecular weight excluding hydrogens is 160 g/mol. The molecule has 12 heavy (non-hydrogen) atoms. The molecule has 0 aliphatic heterocycles. The Hall–Kier alpha value is -0.870. The van der Waals surface area contributed by atoms with Crippen LogP contribution in [0, 0.1) is 0 Å². The molecule has 0 aliphatic rings. The molecule has 4 heteroatoms. The van der Waals surface area contributed by atoms with Gasteiger partial charge in [0.1, 0.15) is 0 Å². The van der Waals surface area contributed by atoms with Crippen molar-refractivity contribution in [3.63, 3.8) is 0 Å². The molecule has 70 valence electrons. The van der Waals surface area contributed by atoms with Gasteiger partial charge in [0.2, 0.25) is 0 Å². The monoisotopic (exact) mass is 174 g/mol. The lowest BCUT2D eigenvalue weighted by Crippen LogP contribution is -2.16. The fourth-order valence-corrected chi connectivity index (χ4v) is 0.783. The number of hydrogen-bond acceptors (Lipinski definition) is 3. The van der Waals surface area contributed by atoms with E-state index in [1.54, 1.807) is 0 Å². The number of aliphatic hydroxyl groups is 2. The third kappa shape index (κ3) is 5.88. The van der Waals surface area contributed by atoms with E-state index in [0.717, 1.165) is 0 Å². The molecule has 0 aliphatic carbocycles. The molecule has 0 aromatic carbocycles. The van der Waals surface area contributed by atoms with Gasteiger partial charge < -0.3 is 15.3 Å². The largest absolute Gasteiger partial charge is 0.481 e. The van der Waals surface area contributed by atoms with Gasteiger partial charge in [0, 0.05) is 12.8 Å². The van der Waals surface area contributed by atoms with Crippen LogP contribution in [0.2, 0.25) is 0 Å². The first-order chi connectivity index (χ1) is 5.56. The molecule has 2 atom stereocenters. The van der Waals surface area contributed by atoms with E-state index >= 15 is 0 Å². The van der Waals surface area contributed by atoms with Crippen molar-refractivity contribution in [1.29, 1.82) is 0 Å². The summed E-state index contributed by atoms with van der Waals surface area (Å²) in [6.45, 7) is 3.33. The zero-order chi connectivity index (χ0) is 9.56. The molecular formula is C8H14O4. The van der Waals surface area contributed by atoms with Gasteiger partial charge >= 0.3 is 5.97 Å². The van der Waals surface area contributed by atoms with Gasteiger partial charge in [-0.1, -0.05) is 6.08 Å². The SMILES string of the molecule is C=CC(O)CC(O)CCC(=O)O. The summed E-state index contributed by atoms with van der Waals surface area (Å²) in [4.78, 5) is 10.1. The van der Waals surface area contributed by atoms with E-state index < -0.39 is 18.2 Å². The summed E-state index contributed by atoms with van der Waals surface area (Å²) in [7, 11) is 0. The van der Waals surface area contributed by atoms with Gasteiger partial charge in [-0.25, -0.2) is 0 Å². The second-order valence-electron chi connectivity index (χ2n) is 2.62. The van der Waals surface area contributed by atoms with Crippen LogP contribution in [0.1, 0.15) is 19.3 Å². The Bertz CT molecular complexity index is 155. The summed E-state index contributed by atoms with van der Waals surface area (Å²) in [5.41, 5.74) is 0. The Morgan fingerprint density at radius 3 is 2.50 bits per heavy atom. The normalized spacial score (nSPS) is 15.2. The smallest absolute Gasteiger partial charge is 0.303 e. The van der Waals surface area contributed by atoms with Crippen molar-refractivity contribution in [1.82, 2.24) is 0 Å². The van der Waals surface area contributed by atoms with Crippen molar-refractivity contribution in [2.75, 3.05) is 0 Å². The highest BCUT2D eigenvalue weighted by molar-refractivity contribution is 5.66. The lowest BCUT2D eigenvalue weighted by Gasteiger charge is -2.10. The zero-order valence-electron chi connectivity index (χ0n) is 6.81. The molecule has 0 saturated carbocycles. The van der Waals surface area contributed by atoms with Crippen molar-refractivity contribution in [2.45, 2.75) is 31.5 Å². The molecule has 0 fully saturated rings. The van der Waals surface area contributed by atoms with E-state index in [4.69, 9.17) is 15.3 Å². The molecule has 4 nitrogen and oxygen atoms in total. The highest BCUT2D eigenvalue weighted by Gasteiger charge is 2.10. The molecule has 0 aromatic rings. The molecule has 0 amide bonds. The van der Waals surface area contributed by atoms with Crippen LogP contribution in [-0.4, -0.2) is 33.5 Å². The highest BCUT2D eigenvalue weighted by atomic mass is 16.4. The fourth-order valence-electron chi connectivity index (χ4n) is 0.783. The van der Waals surface area contributed by atoms with Gasteiger partial charge in [-0.15, -0.1) is 6.58 Å². The van der Waals surface area contributed by atoms with Gasteiger partial charge in [0.15, 0.2) is 0 Å². The Morgan fingerprint density at radius 1 is 1.50 bits per heavy atom. The van der Waals surface area contributed by atoms with E-state index in [9.17, 15) is 4.79 Å². The minimum atomic E-state index is -0.942. The van der Waals surface area contributed by atoms with E-state index in [0.29, 0.717) is 0 Å². The van der Waals surface area contributed by atoms with Gasteiger partial charge in [-0.3, -0.25) is 4.79 Å². The number of aliphatic hydroxyl groups excluding tert-OH is 2. The standard InChI is InChI=1S/C8H14O4/c1-2-6(9)5-7(10)3-4-8(11)12/h2,6-7,9-10H,1,3-5H2,(H,11,12). The number of hydrogen-bond donors (Lipinski definition) is 3. The maximum absolute atomic E-state index is 10.1. The molecule has 0 aromatic heterocycles. The highest BCUT2D eigenvalue weighted by Crippen LogP contribution is 2.05. The number of carboxylic acids is 1. The molecule has 0 spiro atoms. The quantitative estimate of drug-likeness (QED) is 0.501. The van der Waals surface area contributed by atoms with E-state index in [1.165, 1.54) is 6.08 Å². The third-order valence-corrected chi connectivity index (χ3v) is 1.48. The Morgan fingerprint density at radius 2 is 2.08 bits per heavy atom. The van der Waals surface area contributed by atoms with Crippen LogP contribution in [0.3, 0.4) is 0 Å². The van der Waals surface area contributed by atoms with Crippen LogP contribution in [0.25, 0.3) is 0 Å². The first-order valence-corrected chi connectivity index (χ1v) is 3.76. The predicted octanol–water partition coefficient (Wildman–Crippen LogP) is 0.149. The van der Waals surface area contributed by atoms with Crippen molar-refractivity contribution in [3.8, 4) is 0 Å². The predicted molar refractivity (Wildman–Crippen MR) is 43.7 cm³/mol. The minimum absolute atomic E-state index is 0.0783. The van der Waals surface area contributed by atoms with Crippen LogP contribution in [0.15, 0.2) is 12.7 Å².